The van der Waals surface area contributed by atoms with Crippen molar-refractivity contribution in [2.75, 3.05) is 19.0 Å². The first-order valence-electron chi connectivity index (χ1n) is 12.5. The van der Waals surface area contributed by atoms with Crippen molar-refractivity contribution in [3.8, 4) is 5.88 Å². The molecule has 40 heavy (non-hydrogen) atoms. The van der Waals surface area contributed by atoms with Crippen molar-refractivity contribution in [3.63, 3.8) is 0 Å². The minimum atomic E-state index is -4.08. The summed E-state index contributed by atoms with van der Waals surface area (Å²) in [5, 5.41) is 7.44. The number of anilines is 1. The van der Waals surface area contributed by atoms with Gasteiger partial charge in [-0.1, -0.05) is 17.7 Å². The summed E-state index contributed by atoms with van der Waals surface area (Å²) in [5.41, 5.74) is 1.29. The number of carbonyl (C=O) groups excluding carboxylic acids is 2. The Labute approximate surface area is 236 Å². The van der Waals surface area contributed by atoms with Gasteiger partial charge in [-0.15, -0.1) is 11.3 Å². The maximum absolute atomic E-state index is 12.8. The van der Waals surface area contributed by atoms with Crippen molar-refractivity contribution in [1.29, 1.82) is 0 Å². The second-order valence-electron chi connectivity index (χ2n) is 10.2. The van der Waals surface area contributed by atoms with Gasteiger partial charge in [-0.2, -0.15) is 8.42 Å². The number of pyridine rings is 1. The monoisotopic (exact) mass is 585 g/mol. The molecule has 1 atom stereocenters. The molecule has 0 bridgehead atoms. The topological polar surface area (TPSA) is 133 Å². The standard InChI is InChI=1S/C28H31N3O7S2/c1-16-7-9-18(10-8-16)40(34,35)38-22-14-11-19-20(31-22)12-13-21-23(19)24(25(39-21)26(32)36-6)29-15-17(2)30-27(33)37-28(3,4)5/h7-14,17,29H,15H2,1-6H3,(H,30,33)/t17-/m1/s1. The lowest BCUT2D eigenvalue weighted by Crippen LogP contribution is -2.40. The maximum atomic E-state index is 12.8. The van der Waals surface area contributed by atoms with E-state index >= 15 is 0 Å². The van der Waals surface area contributed by atoms with Gasteiger partial charge >= 0.3 is 22.2 Å². The van der Waals surface area contributed by atoms with Gasteiger partial charge in [-0.05, 0) is 65.0 Å². The summed E-state index contributed by atoms with van der Waals surface area (Å²) in [4.78, 5) is 29.6. The maximum Gasteiger partial charge on any atom is 0.407 e. The molecule has 2 heterocycles. The molecule has 10 nitrogen and oxygen atoms in total. The third kappa shape index (κ3) is 6.62. The molecule has 1 amide bonds. The number of rotatable bonds is 8. The zero-order chi connectivity index (χ0) is 29.2. The van der Waals surface area contributed by atoms with E-state index in [0.717, 1.165) is 10.3 Å². The van der Waals surface area contributed by atoms with Crippen LogP contribution in [0.3, 0.4) is 0 Å². The third-order valence-corrected chi connectivity index (χ3v) is 8.09. The number of nitrogens with one attached hydrogen (secondary N) is 2. The molecule has 12 heteroatoms. The number of hydrogen-bond acceptors (Lipinski definition) is 10. The Morgan fingerprint density at radius 1 is 1.05 bits per heavy atom. The molecule has 0 fully saturated rings. The predicted molar refractivity (Wildman–Crippen MR) is 155 cm³/mol. The Morgan fingerprint density at radius 3 is 2.40 bits per heavy atom. The van der Waals surface area contributed by atoms with E-state index in [-0.39, 0.29) is 23.4 Å². The van der Waals surface area contributed by atoms with E-state index in [2.05, 4.69) is 15.6 Å². The van der Waals surface area contributed by atoms with Crippen molar-refractivity contribution in [1.82, 2.24) is 10.3 Å². The number of thiophene rings is 1. The molecule has 0 aliphatic carbocycles. The molecular weight excluding hydrogens is 554 g/mol. The summed E-state index contributed by atoms with van der Waals surface area (Å²) in [6.07, 6.45) is -0.548. The molecule has 2 N–H and O–H groups in total. The van der Waals surface area contributed by atoms with E-state index in [9.17, 15) is 18.0 Å². The summed E-state index contributed by atoms with van der Waals surface area (Å²) in [7, 11) is -2.77. The SMILES string of the molecule is COC(=O)c1sc2ccc3nc(OS(=O)(=O)c4ccc(C)cc4)ccc3c2c1NC[C@@H](C)NC(=O)OC(C)(C)C. The zero-order valence-electron chi connectivity index (χ0n) is 23.0. The average Bonchev–Trinajstić information content (AvgIpc) is 3.24. The Morgan fingerprint density at radius 2 is 1.75 bits per heavy atom. The molecule has 0 saturated carbocycles. The number of esters is 1. The quantitative estimate of drug-likeness (QED) is 0.199. The van der Waals surface area contributed by atoms with Crippen LogP contribution in [0, 0.1) is 6.92 Å². The minimum absolute atomic E-state index is 0.0246. The number of methoxy groups -OCH3 is 1. The Balaban J connectivity index is 1.66. The van der Waals surface area contributed by atoms with Crippen LogP contribution in [0.5, 0.6) is 5.88 Å². The number of amides is 1. The van der Waals surface area contributed by atoms with Crippen LogP contribution in [0.15, 0.2) is 53.4 Å². The van der Waals surface area contributed by atoms with E-state index in [1.807, 2.05) is 6.92 Å². The molecule has 0 radical (unpaired) electrons. The van der Waals surface area contributed by atoms with Gasteiger partial charge in [-0.25, -0.2) is 14.6 Å². The van der Waals surface area contributed by atoms with Crippen molar-refractivity contribution < 1.29 is 31.7 Å². The average molecular weight is 586 g/mol. The van der Waals surface area contributed by atoms with Crippen LogP contribution in [0.2, 0.25) is 0 Å². The van der Waals surface area contributed by atoms with E-state index in [1.54, 1.807) is 58.0 Å². The zero-order valence-corrected chi connectivity index (χ0v) is 24.7. The van der Waals surface area contributed by atoms with Gasteiger partial charge in [0.15, 0.2) is 0 Å². The number of alkyl carbamates (subject to hydrolysis) is 1. The fourth-order valence-electron chi connectivity index (χ4n) is 3.91. The molecular formula is C28H31N3O7S2. The molecule has 2 aromatic carbocycles. The number of fused-ring (bicyclic) bond motifs is 3. The highest BCUT2D eigenvalue weighted by atomic mass is 32.2. The molecule has 4 aromatic rings. The van der Waals surface area contributed by atoms with Gasteiger partial charge in [0.2, 0.25) is 5.88 Å². The van der Waals surface area contributed by atoms with E-state index in [1.165, 1.54) is 36.6 Å². The first-order chi connectivity index (χ1) is 18.8. The van der Waals surface area contributed by atoms with Gasteiger partial charge in [0.25, 0.3) is 0 Å². The number of aryl methyl sites for hydroxylation is 1. The highest BCUT2D eigenvalue weighted by molar-refractivity contribution is 7.87. The van der Waals surface area contributed by atoms with Crippen LogP contribution in [0.1, 0.15) is 42.9 Å². The first-order valence-corrected chi connectivity index (χ1v) is 14.7. The van der Waals surface area contributed by atoms with Crippen LogP contribution < -0.4 is 14.8 Å². The lowest BCUT2D eigenvalue weighted by atomic mass is 10.1. The van der Waals surface area contributed by atoms with Gasteiger partial charge in [0.05, 0.1) is 18.3 Å². The van der Waals surface area contributed by atoms with Crippen LogP contribution in [-0.2, 0) is 19.6 Å². The molecule has 0 unspecified atom stereocenters. The normalized spacial score (nSPS) is 12.7. The summed E-state index contributed by atoms with van der Waals surface area (Å²) in [5.74, 6) is -0.595. The van der Waals surface area contributed by atoms with Crippen molar-refractivity contribution in [2.24, 2.45) is 0 Å². The highest BCUT2D eigenvalue weighted by Gasteiger charge is 2.24. The van der Waals surface area contributed by atoms with Gasteiger partial charge in [-0.3, -0.25) is 0 Å². The van der Waals surface area contributed by atoms with Crippen LogP contribution in [0.25, 0.3) is 21.0 Å². The van der Waals surface area contributed by atoms with E-state index in [4.69, 9.17) is 13.7 Å². The lowest BCUT2D eigenvalue weighted by molar-refractivity contribution is 0.0509. The Bertz CT molecular complexity index is 1670. The summed E-state index contributed by atoms with van der Waals surface area (Å²) in [6, 6.07) is 12.7. The predicted octanol–water partition coefficient (Wildman–Crippen LogP) is 5.64. The number of carbonyl (C=O) groups is 2. The molecule has 212 valence electrons. The summed E-state index contributed by atoms with van der Waals surface area (Å²) in [6.45, 7) is 9.30. The lowest BCUT2D eigenvalue weighted by Gasteiger charge is -2.22. The number of aromatic nitrogens is 1. The summed E-state index contributed by atoms with van der Waals surface area (Å²) < 4.78 is 42.0. The van der Waals surface area contributed by atoms with Crippen LogP contribution >= 0.6 is 11.3 Å². The van der Waals surface area contributed by atoms with Crippen molar-refractivity contribution in [2.45, 2.75) is 51.2 Å². The van der Waals surface area contributed by atoms with E-state index < -0.39 is 27.8 Å². The van der Waals surface area contributed by atoms with Gasteiger partial charge < -0.3 is 24.3 Å². The molecule has 0 spiro atoms. The second-order valence-corrected chi connectivity index (χ2v) is 12.8. The fourth-order valence-corrected chi connectivity index (χ4v) is 5.91. The number of benzene rings is 2. The van der Waals surface area contributed by atoms with Gasteiger partial charge in [0.1, 0.15) is 15.4 Å². The third-order valence-electron chi connectivity index (χ3n) is 5.72. The van der Waals surface area contributed by atoms with Crippen molar-refractivity contribution in [3.05, 3.63) is 59.0 Å². The minimum Gasteiger partial charge on any atom is -0.465 e. The van der Waals surface area contributed by atoms with Crippen molar-refractivity contribution >= 4 is 60.2 Å². The van der Waals surface area contributed by atoms with Crippen LogP contribution in [-0.4, -0.2) is 50.8 Å². The summed E-state index contributed by atoms with van der Waals surface area (Å²) >= 11 is 1.25. The molecule has 2 aromatic heterocycles. The second kappa shape index (κ2) is 11.3. The molecule has 0 aliphatic heterocycles. The Hall–Kier alpha value is -3.90. The number of nitrogens with zero attached hydrogens (tertiary/aromatic N) is 1. The fraction of sp³-hybridized carbons (Fsp3) is 0.321. The smallest absolute Gasteiger partial charge is 0.407 e. The molecule has 0 aliphatic rings. The highest BCUT2D eigenvalue weighted by Crippen LogP contribution is 2.41. The largest absolute Gasteiger partial charge is 0.465 e. The molecule has 0 saturated heterocycles. The first kappa shape index (κ1) is 29.1. The number of hydrogen-bond donors (Lipinski definition) is 2. The van der Waals surface area contributed by atoms with Crippen LogP contribution in [0.4, 0.5) is 10.5 Å². The van der Waals surface area contributed by atoms with Gasteiger partial charge in [0, 0.05) is 34.1 Å². The Kier molecular flexibility index (Phi) is 8.22. The molecule has 4 rings (SSSR count). The number of ether oxygens (including phenoxy) is 2. The van der Waals surface area contributed by atoms with E-state index in [0.29, 0.717) is 26.9 Å².